The van der Waals surface area contributed by atoms with Gasteiger partial charge in [-0.25, -0.2) is 12.7 Å². The number of sulfonamides is 1. The maximum absolute atomic E-state index is 11.8. The molecule has 1 aliphatic heterocycles. The molecule has 2 rings (SSSR count). The summed E-state index contributed by atoms with van der Waals surface area (Å²) in [6, 6.07) is 5.62. The maximum atomic E-state index is 11.8. The van der Waals surface area contributed by atoms with Crippen LogP contribution in [0.5, 0.6) is 11.5 Å². The highest BCUT2D eigenvalue weighted by molar-refractivity contribution is 7.89. The number of hydrogen-bond donors (Lipinski definition) is 2. The van der Waals surface area contributed by atoms with E-state index in [4.69, 9.17) is 9.47 Å². The van der Waals surface area contributed by atoms with Gasteiger partial charge in [0.25, 0.3) is 0 Å². The van der Waals surface area contributed by atoms with Gasteiger partial charge in [0.2, 0.25) is 10.0 Å². The molecule has 1 aromatic rings. The third-order valence-corrected chi connectivity index (χ3v) is 5.98. The van der Waals surface area contributed by atoms with Crippen LogP contribution < -0.4 is 20.1 Å². The molecule has 1 fully saturated rings. The zero-order chi connectivity index (χ0) is 18.3. The van der Waals surface area contributed by atoms with Gasteiger partial charge in [-0.3, -0.25) is 4.99 Å². The van der Waals surface area contributed by atoms with Crippen LogP contribution in [0.4, 0.5) is 0 Å². The Balaban J connectivity index is 1.84. The van der Waals surface area contributed by atoms with Gasteiger partial charge in [0, 0.05) is 44.9 Å². The Bertz CT molecular complexity index is 706. The molecule has 9 heteroatoms. The van der Waals surface area contributed by atoms with Gasteiger partial charge in [-0.05, 0) is 18.6 Å². The first-order valence-corrected chi connectivity index (χ1v) is 9.74. The molecule has 0 saturated carbocycles. The second kappa shape index (κ2) is 8.91. The van der Waals surface area contributed by atoms with Gasteiger partial charge in [-0.2, -0.15) is 0 Å². The van der Waals surface area contributed by atoms with E-state index in [9.17, 15) is 8.42 Å². The van der Waals surface area contributed by atoms with Crippen molar-refractivity contribution in [3.05, 3.63) is 23.8 Å². The third-order valence-electron chi connectivity index (χ3n) is 4.02. The standard InChI is InChI=1S/C16H26N4O4S/c1-17-16(18-7-9-20-8-4-10-25(20,21)22)19-12-13-5-6-14(23-2)11-15(13)24-3/h5-6,11H,4,7-10,12H2,1-3H3,(H2,17,18,19). The number of benzene rings is 1. The quantitative estimate of drug-likeness (QED) is 0.533. The van der Waals surface area contributed by atoms with Crippen LogP contribution in [0.3, 0.4) is 0 Å². The molecule has 0 aromatic heterocycles. The van der Waals surface area contributed by atoms with E-state index in [2.05, 4.69) is 15.6 Å². The first kappa shape index (κ1) is 19.3. The second-order valence-corrected chi connectivity index (χ2v) is 7.69. The molecular formula is C16H26N4O4S. The smallest absolute Gasteiger partial charge is 0.214 e. The van der Waals surface area contributed by atoms with Crippen molar-refractivity contribution in [1.29, 1.82) is 0 Å². The van der Waals surface area contributed by atoms with Gasteiger partial charge in [0.15, 0.2) is 5.96 Å². The second-order valence-electron chi connectivity index (χ2n) is 5.60. The summed E-state index contributed by atoms with van der Waals surface area (Å²) in [6.45, 7) is 2.06. The van der Waals surface area contributed by atoms with Gasteiger partial charge in [0.1, 0.15) is 11.5 Å². The molecule has 1 aromatic carbocycles. The molecule has 0 spiro atoms. The number of nitrogens with zero attached hydrogens (tertiary/aromatic N) is 2. The van der Waals surface area contributed by atoms with Crippen molar-refractivity contribution >= 4 is 16.0 Å². The zero-order valence-corrected chi connectivity index (χ0v) is 15.7. The Labute approximate surface area is 149 Å². The molecule has 140 valence electrons. The summed E-state index contributed by atoms with van der Waals surface area (Å²) >= 11 is 0. The van der Waals surface area contributed by atoms with E-state index in [-0.39, 0.29) is 5.75 Å². The minimum absolute atomic E-state index is 0.247. The number of rotatable bonds is 7. The van der Waals surface area contributed by atoms with E-state index >= 15 is 0 Å². The fraction of sp³-hybridized carbons (Fsp3) is 0.562. The van der Waals surface area contributed by atoms with Crippen LogP contribution in [0.25, 0.3) is 0 Å². The molecule has 0 amide bonds. The molecule has 0 aliphatic carbocycles. The minimum Gasteiger partial charge on any atom is -0.497 e. The Morgan fingerprint density at radius 3 is 2.68 bits per heavy atom. The number of nitrogens with one attached hydrogen (secondary N) is 2. The lowest BCUT2D eigenvalue weighted by molar-refractivity contribution is 0.390. The van der Waals surface area contributed by atoms with Crippen molar-refractivity contribution < 1.29 is 17.9 Å². The van der Waals surface area contributed by atoms with Crippen LogP contribution in [0, 0.1) is 0 Å². The molecule has 0 unspecified atom stereocenters. The third kappa shape index (κ3) is 5.23. The molecule has 25 heavy (non-hydrogen) atoms. The van der Waals surface area contributed by atoms with Crippen LogP contribution in [-0.2, 0) is 16.6 Å². The summed E-state index contributed by atoms with van der Waals surface area (Å²) in [5.74, 6) is 2.31. The highest BCUT2D eigenvalue weighted by Gasteiger charge is 2.27. The number of guanidine groups is 1. The SMILES string of the molecule is CN=C(NCCN1CCCS1(=O)=O)NCc1ccc(OC)cc1OC. The Morgan fingerprint density at radius 2 is 2.08 bits per heavy atom. The molecule has 0 radical (unpaired) electrons. The fourth-order valence-corrected chi connectivity index (χ4v) is 4.17. The highest BCUT2D eigenvalue weighted by Crippen LogP contribution is 2.24. The lowest BCUT2D eigenvalue weighted by Crippen LogP contribution is -2.41. The van der Waals surface area contributed by atoms with Gasteiger partial charge >= 0.3 is 0 Å². The number of aliphatic imine (C=N–C) groups is 1. The average molecular weight is 370 g/mol. The minimum atomic E-state index is -3.06. The topological polar surface area (TPSA) is 92.3 Å². The fourth-order valence-electron chi connectivity index (χ4n) is 2.64. The van der Waals surface area contributed by atoms with E-state index in [0.717, 1.165) is 17.1 Å². The van der Waals surface area contributed by atoms with Crippen LogP contribution in [0.1, 0.15) is 12.0 Å². The van der Waals surface area contributed by atoms with Crippen molar-refractivity contribution in [1.82, 2.24) is 14.9 Å². The Kier molecular flexibility index (Phi) is 6.89. The first-order valence-electron chi connectivity index (χ1n) is 8.13. The highest BCUT2D eigenvalue weighted by atomic mass is 32.2. The van der Waals surface area contributed by atoms with Crippen molar-refractivity contribution in [2.75, 3.05) is 46.7 Å². The molecule has 1 saturated heterocycles. The Hall–Kier alpha value is -2.00. The van der Waals surface area contributed by atoms with Crippen molar-refractivity contribution in [3.8, 4) is 11.5 Å². The van der Waals surface area contributed by atoms with Crippen LogP contribution in [0.15, 0.2) is 23.2 Å². The van der Waals surface area contributed by atoms with Gasteiger partial charge in [-0.15, -0.1) is 0 Å². The Morgan fingerprint density at radius 1 is 1.28 bits per heavy atom. The van der Waals surface area contributed by atoms with Crippen LogP contribution >= 0.6 is 0 Å². The van der Waals surface area contributed by atoms with E-state index in [0.29, 0.717) is 38.6 Å². The predicted octanol–water partition coefficient (Wildman–Crippen LogP) is 0.404. The van der Waals surface area contributed by atoms with Crippen molar-refractivity contribution in [3.63, 3.8) is 0 Å². The summed E-state index contributed by atoms with van der Waals surface area (Å²) in [5, 5.41) is 6.33. The van der Waals surface area contributed by atoms with Crippen LogP contribution in [-0.4, -0.2) is 65.3 Å². The van der Waals surface area contributed by atoms with E-state index in [1.807, 2.05) is 18.2 Å². The maximum Gasteiger partial charge on any atom is 0.214 e. The summed E-state index contributed by atoms with van der Waals surface area (Å²) in [7, 11) is 1.84. The van der Waals surface area contributed by atoms with Gasteiger partial charge in [0.05, 0.1) is 20.0 Å². The molecule has 8 nitrogen and oxygen atoms in total. The summed E-state index contributed by atoms with van der Waals surface area (Å²) in [6.07, 6.45) is 0.701. The molecule has 2 N–H and O–H groups in total. The summed E-state index contributed by atoms with van der Waals surface area (Å²) in [4.78, 5) is 4.15. The van der Waals surface area contributed by atoms with Crippen molar-refractivity contribution in [2.45, 2.75) is 13.0 Å². The molecule has 0 bridgehead atoms. The molecule has 1 heterocycles. The zero-order valence-electron chi connectivity index (χ0n) is 14.9. The van der Waals surface area contributed by atoms with Gasteiger partial charge in [-0.1, -0.05) is 0 Å². The van der Waals surface area contributed by atoms with E-state index in [1.54, 1.807) is 21.3 Å². The number of methoxy groups -OCH3 is 2. The lowest BCUT2D eigenvalue weighted by atomic mass is 10.2. The van der Waals surface area contributed by atoms with E-state index in [1.165, 1.54) is 4.31 Å². The predicted molar refractivity (Wildman–Crippen MR) is 97.7 cm³/mol. The van der Waals surface area contributed by atoms with E-state index < -0.39 is 10.0 Å². The number of ether oxygens (including phenoxy) is 2. The van der Waals surface area contributed by atoms with Crippen LogP contribution in [0.2, 0.25) is 0 Å². The molecular weight excluding hydrogens is 344 g/mol. The average Bonchev–Trinajstić information content (AvgIpc) is 2.96. The largest absolute Gasteiger partial charge is 0.497 e. The van der Waals surface area contributed by atoms with Gasteiger partial charge < -0.3 is 20.1 Å². The first-order chi connectivity index (χ1) is 12.0. The lowest BCUT2D eigenvalue weighted by Gasteiger charge is -2.17. The van der Waals surface area contributed by atoms with Crippen molar-refractivity contribution in [2.24, 2.45) is 4.99 Å². The summed E-state index contributed by atoms with van der Waals surface area (Å²) < 4.78 is 35.6. The molecule has 1 aliphatic rings. The number of hydrogen-bond acceptors (Lipinski definition) is 5. The summed E-state index contributed by atoms with van der Waals surface area (Å²) in [5.41, 5.74) is 0.966. The monoisotopic (exact) mass is 370 g/mol. The normalized spacial score (nSPS) is 17.3. The molecule has 0 atom stereocenters.